The number of carbonyl (C=O) groups excluding carboxylic acids is 1. The van der Waals surface area contributed by atoms with Crippen LogP contribution in [0.5, 0.6) is 0 Å². The molecule has 1 saturated heterocycles. The molecule has 0 spiro atoms. The highest BCUT2D eigenvalue weighted by molar-refractivity contribution is 9.10. The Morgan fingerprint density at radius 1 is 1.32 bits per heavy atom. The molecule has 0 atom stereocenters. The molecular weight excluding hydrogens is 304 g/mol. The normalized spacial score (nSPS) is 16.3. The largest absolute Gasteiger partial charge is 0.339 e. The number of piperidine rings is 1. The number of nitrogens with zero attached hydrogens (tertiary/aromatic N) is 1. The number of rotatable bonds is 4. The Labute approximate surface area is 123 Å². The predicted molar refractivity (Wildman–Crippen MR) is 81.3 cm³/mol. The van der Waals surface area contributed by atoms with Gasteiger partial charge in [-0.2, -0.15) is 0 Å². The van der Waals surface area contributed by atoms with E-state index in [-0.39, 0.29) is 5.91 Å². The number of halogens is 1. The van der Waals surface area contributed by atoms with Crippen LogP contribution >= 0.6 is 15.9 Å². The molecule has 4 heteroatoms. The molecule has 0 aromatic heterocycles. The maximum atomic E-state index is 12.5. The molecule has 0 saturated carbocycles. The fraction of sp³-hybridized carbons (Fsp3) is 0.533. The molecule has 0 bridgehead atoms. The molecule has 3 nitrogen and oxygen atoms in total. The molecule has 1 heterocycles. The molecule has 1 aliphatic heterocycles. The summed E-state index contributed by atoms with van der Waals surface area (Å²) in [4.78, 5) is 14.4. The molecule has 0 radical (unpaired) electrons. The van der Waals surface area contributed by atoms with Crippen molar-refractivity contribution in [2.24, 2.45) is 5.92 Å². The summed E-state index contributed by atoms with van der Waals surface area (Å²) in [7, 11) is 0. The van der Waals surface area contributed by atoms with Crippen molar-refractivity contribution < 1.29 is 4.79 Å². The predicted octanol–water partition coefficient (Wildman–Crippen LogP) is 2.91. The van der Waals surface area contributed by atoms with Gasteiger partial charge in [-0.25, -0.2) is 0 Å². The first kappa shape index (κ1) is 14.5. The van der Waals surface area contributed by atoms with E-state index >= 15 is 0 Å². The second-order valence-electron chi connectivity index (χ2n) is 5.04. The number of hydrogen-bond donors (Lipinski definition) is 1. The Bertz CT molecular complexity index is 413. The van der Waals surface area contributed by atoms with Crippen LogP contribution in [0, 0.1) is 5.92 Å². The van der Waals surface area contributed by atoms with Crippen LogP contribution in [0.3, 0.4) is 0 Å². The number of nitrogens with one attached hydrogen (secondary N) is 1. The summed E-state index contributed by atoms with van der Waals surface area (Å²) in [6, 6.07) is 7.62. The quantitative estimate of drug-likeness (QED) is 0.923. The van der Waals surface area contributed by atoms with E-state index in [0.29, 0.717) is 5.92 Å². The fourth-order valence-electron chi connectivity index (χ4n) is 2.51. The molecule has 1 aliphatic rings. The zero-order chi connectivity index (χ0) is 13.7. The van der Waals surface area contributed by atoms with Gasteiger partial charge in [-0.3, -0.25) is 4.79 Å². The van der Waals surface area contributed by atoms with Gasteiger partial charge < -0.3 is 10.2 Å². The van der Waals surface area contributed by atoms with Crippen molar-refractivity contribution in [1.82, 2.24) is 10.2 Å². The lowest BCUT2D eigenvalue weighted by molar-refractivity contribution is 0.0727. The maximum Gasteiger partial charge on any atom is 0.253 e. The molecule has 1 fully saturated rings. The smallest absolute Gasteiger partial charge is 0.253 e. The third kappa shape index (κ3) is 4.05. The zero-order valence-corrected chi connectivity index (χ0v) is 12.9. The Hall–Kier alpha value is -0.870. The Morgan fingerprint density at radius 2 is 1.95 bits per heavy atom. The van der Waals surface area contributed by atoms with Crippen molar-refractivity contribution in [2.45, 2.75) is 19.8 Å². The molecule has 0 unspecified atom stereocenters. The van der Waals surface area contributed by atoms with Crippen molar-refractivity contribution in [3.05, 3.63) is 34.3 Å². The van der Waals surface area contributed by atoms with Crippen LogP contribution in [0.2, 0.25) is 0 Å². The lowest BCUT2D eigenvalue weighted by atomic mass is 9.97. The second-order valence-corrected chi connectivity index (χ2v) is 5.96. The van der Waals surface area contributed by atoms with Crippen LogP contribution in [0.4, 0.5) is 0 Å². The van der Waals surface area contributed by atoms with Gasteiger partial charge in [-0.05, 0) is 63.0 Å². The summed E-state index contributed by atoms with van der Waals surface area (Å²) < 4.78 is 1.01. The topological polar surface area (TPSA) is 32.3 Å². The minimum Gasteiger partial charge on any atom is -0.339 e. The van der Waals surface area contributed by atoms with E-state index in [0.717, 1.165) is 36.2 Å². The zero-order valence-electron chi connectivity index (χ0n) is 11.4. The highest BCUT2D eigenvalue weighted by Crippen LogP contribution is 2.16. The lowest BCUT2D eigenvalue weighted by Gasteiger charge is -2.29. The lowest BCUT2D eigenvalue weighted by Crippen LogP contribution is -2.39. The molecular formula is C15H21BrN2O. The fourth-order valence-corrected chi connectivity index (χ4v) is 2.77. The number of hydrogen-bond acceptors (Lipinski definition) is 2. The summed E-state index contributed by atoms with van der Waals surface area (Å²) in [5.41, 5.74) is 0.777. The highest BCUT2D eigenvalue weighted by atomic mass is 79.9. The molecule has 2 rings (SSSR count). The Balaban J connectivity index is 1.99. The summed E-state index contributed by atoms with van der Waals surface area (Å²) in [6.45, 7) is 5.87. The third-order valence-corrected chi connectivity index (χ3v) is 4.23. The van der Waals surface area contributed by atoms with Crippen molar-refractivity contribution in [2.75, 3.05) is 26.2 Å². The van der Waals surface area contributed by atoms with Gasteiger partial charge in [0.1, 0.15) is 0 Å². The van der Waals surface area contributed by atoms with Gasteiger partial charge >= 0.3 is 0 Å². The van der Waals surface area contributed by atoms with Crippen LogP contribution in [0.1, 0.15) is 30.1 Å². The van der Waals surface area contributed by atoms with Gasteiger partial charge in [0.15, 0.2) is 0 Å². The van der Waals surface area contributed by atoms with Crippen LogP contribution in [0.15, 0.2) is 28.7 Å². The summed E-state index contributed by atoms with van der Waals surface area (Å²) in [5, 5.41) is 3.36. The van der Waals surface area contributed by atoms with Crippen molar-refractivity contribution in [3.63, 3.8) is 0 Å². The van der Waals surface area contributed by atoms with Crippen LogP contribution in [-0.2, 0) is 0 Å². The summed E-state index contributed by atoms with van der Waals surface area (Å²) in [6.07, 6.45) is 2.34. The minimum atomic E-state index is 0.147. The van der Waals surface area contributed by atoms with Crippen LogP contribution in [0.25, 0.3) is 0 Å². The first-order chi connectivity index (χ1) is 9.20. The summed E-state index contributed by atoms with van der Waals surface area (Å²) in [5.74, 6) is 0.786. The highest BCUT2D eigenvalue weighted by Gasteiger charge is 2.20. The number of benzene rings is 1. The van der Waals surface area contributed by atoms with Gasteiger partial charge in [-0.1, -0.05) is 15.9 Å². The molecule has 1 N–H and O–H groups in total. The molecule has 0 aliphatic carbocycles. The average Bonchev–Trinajstić information content (AvgIpc) is 2.46. The maximum absolute atomic E-state index is 12.5. The van der Waals surface area contributed by atoms with Crippen molar-refractivity contribution in [3.8, 4) is 0 Å². The van der Waals surface area contributed by atoms with Crippen molar-refractivity contribution >= 4 is 21.8 Å². The minimum absolute atomic E-state index is 0.147. The van der Waals surface area contributed by atoms with E-state index in [1.807, 2.05) is 29.2 Å². The van der Waals surface area contributed by atoms with E-state index in [4.69, 9.17) is 0 Å². The molecule has 1 aromatic rings. The number of carbonyl (C=O) groups is 1. The van der Waals surface area contributed by atoms with Crippen LogP contribution < -0.4 is 5.32 Å². The first-order valence-electron chi connectivity index (χ1n) is 6.96. The molecule has 104 valence electrons. The molecule has 1 aromatic carbocycles. The monoisotopic (exact) mass is 324 g/mol. The Morgan fingerprint density at radius 3 is 2.53 bits per heavy atom. The standard InChI is InChI=1S/C15H21BrN2O/c1-2-18(11-12-7-9-17-10-8-12)15(19)13-3-5-14(16)6-4-13/h3-6,12,17H,2,7-11H2,1H3. The van der Waals surface area contributed by atoms with Gasteiger partial charge in [0.25, 0.3) is 5.91 Å². The number of amides is 1. The summed E-state index contributed by atoms with van der Waals surface area (Å²) >= 11 is 3.40. The Kier molecular flexibility index (Phi) is 5.40. The van der Waals surface area contributed by atoms with Gasteiger partial charge in [-0.15, -0.1) is 0 Å². The third-order valence-electron chi connectivity index (χ3n) is 3.70. The average molecular weight is 325 g/mol. The van der Waals surface area contributed by atoms with E-state index in [1.54, 1.807) is 0 Å². The molecule has 19 heavy (non-hydrogen) atoms. The van der Waals surface area contributed by atoms with Crippen molar-refractivity contribution in [1.29, 1.82) is 0 Å². The van der Waals surface area contributed by atoms with Gasteiger partial charge in [0, 0.05) is 23.1 Å². The van der Waals surface area contributed by atoms with E-state index in [1.165, 1.54) is 12.8 Å². The first-order valence-corrected chi connectivity index (χ1v) is 7.75. The van der Waals surface area contributed by atoms with E-state index in [9.17, 15) is 4.79 Å². The van der Waals surface area contributed by atoms with Gasteiger partial charge in [0.2, 0.25) is 0 Å². The SMILES string of the molecule is CCN(CC1CCNCC1)C(=O)c1ccc(Br)cc1. The van der Waals surface area contributed by atoms with Gasteiger partial charge in [0.05, 0.1) is 0 Å². The second kappa shape index (κ2) is 7.06. The molecule has 1 amide bonds. The van der Waals surface area contributed by atoms with E-state index in [2.05, 4.69) is 28.2 Å². The van der Waals surface area contributed by atoms with Crippen LogP contribution in [-0.4, -0.2) is 37.0 Å². The van der Waals surface area contributed by atoms with E-state index < -0.39 is 0 Å².